The third-order valence-electron chi connectivity index (χ3n) is 7.89. The molecule has 0 aliphatic heterocycles. The van der Waals surface area contributed by atoms with Gasteiger partial charge in [0.15, 0.2) is 5.75 Å². The Morgan fingerprint density at radius 1 is 0.824 bits per heavy atom. The van der Waals surface area contributed by atoms with Crippen molar-refractivity contribution in [3.05, 3.63) is 57.6 Å². The van der Waals surface area contributed by atoms with Crippen LogP contribution in [0.3, 0.4) is 0 Å². The molecule has 0 aromatic heterocycles. The molecule has 2 aromatic rings. The fourth-order valence-electron chi connectivity index (χ4n) is 5.09. The number of thioether (sulfide) groups is 1. The summed E-state index contributed by atoms with van der Waals surface area (Å²) in [5, 5.41) is 10.0. The third-order valence-corrected chi connectivity index (χ3v) is 9.40. The Kier molecular flexibility index (Phi) is 17.5. The smallest absolute Gasteiger partial charge is 0.475 e. The lowest BCUT2D eigenvalue weighted by molar-refractivity contribution is -0.192. The Labute approximate surface area is 305 Å². The van der Waals surface area contributed by atoms with Crippen molar-refractivity contribution in [2.75, 3.05) is 17.3 Å². The van der Waals surface area contributed by atoms with Gasteiger partial charge in [0.1, 0.15) is 0 Å². The molecule has 2 rings (SSSR count). The number of hydrogen-bond donors (Lipinski definition) is 4. The summed E-state index contributed by atoms with van der Waals surface area (Å²) >= 11 is 1.62. The van der Waals surface area contributed by atoms with Gasteiger partial charge in [0.05, 0.1) is 12.5 Å². The lowest BCUT2D eigenvalue weighted by Crippen LogP contribution is -2.36. The highest BCUT2D eigenvalue weighted by molar-refractivity contribution is 7.98. The van der Waals surface area contributed by atoms with Gasteiger partial charge in [-0.05, 0) is 82.4 Å². The number of halogens is 3. The van der Waals surface area contributed by atoms with E-state index >= 15 is 0 Å². The van der Waals surface area contributed by atoms with E-state index in [1.807, 2.05) is 34.0 Å². The summed E-state index contributed by atoms with van der Waals surface area (Å²) in [5.74, 6) is -2.45. The van der Waals surface area contributed by atoms with Crippen LogP contribution >= 0.6 is 11.8 Å². The van der Waals surface area contributed by atoms with Gasteiger partial charge < -0.3 is 20.3 Å². The van der Waals surface area contributed by atoms with Crippen LogP contribution in [0.1, 0.15) is 139 Å². The number of nitrogens with two attached hydrogens (primary N) is 1. The Morgan fingerprint density at radius 2 is 1.25 bits per heavy atom. The standard InChI is InChI=1S/C34H53N3O5S2.C2HF3O2/c1-19(2)24-14-26(20(3)4)30(27(15-24)21(5)6)18-32(38)37-44(40,41)42-33-28(22(7)8)16-25(17-29(33)23(9)10)36-34(39)31(35)12-13-43-11;3-2(4,5)1(6)7/h14-17,19-23,31H,12-13,18,35H2,1-11H3,(H,36,39)(H,37,38);(H,6,7). The molecule has 0 saturated heterocycles. The number of rotatable bonds is 15. The predicted octanol–water partition coefficient (Wildman–Crippen LogP) is 7.94. The number of alkyl halides is 3. The largest absolute Gasteiger partial charge is 0.490 e. The first-order valence-corrected chi connectivity index (χ1v) is 19.6. The minimum Gasteiger partial charge on any atom is -0.475 e. The van der Waals surface area contributed by atoms with Crippen molar-refractivity contribution in [3.63, 3.8) is 0 Å². The van der Waals surface area contributed by atoms with Crippen LogP contribution in [0.4, 0.5) is 18.9 Å². The molecule has 51 heavy (non-hydrogen) atoms. The second kappa shape index (κ2) is 19.5. The Morgan fingerprint density at radius 3 is 1.61 bits per heavy atom. The molecule has 0 saturated carbocycles. The van der Waals surface area contributed by atoms with Crippen molar-refractivity contribution < 1.29 is 45.3 Å². The summed E-state index contributed by atoms with van der Waals surface area (Å²) in [6.07, 6.45) is -2.67. The van der Waals surface area contributed by atoms with Gasteiger partial charge in [-0.25, -0.2) is 9.52 Å². The van der Waals surface area contributed by atoms with E-state index in [0.717, 1.165) is 22.4 Å². The molecule has 5 N–H and O–H groups in total. The second-order valence-electron chi connectivity index (χ2n) is 13.9. The highest BCUT2D eigenvalue weighted by Gasteiger charge is 2.38. The van der Waals surface area contributed by atoms with Crippen molar-refractivity contribution in [2.45, 2.75) is 124 Å². The van der Waals surface area contributed by atoms with E-state index in [1.54, 1.807) is 23.9 Å². The first-order valence-electron chi connectivity index (χ1n) is 16.8. The zero-order chi connectivity index (χ0) is 39.6. The van der Waals surface area contributed by atoms with Crippen LogP contribution < -0.4 is 20.0 Å². The second-order valence-corrected chi connectivity index (χ2v) is 16.1. The molecular formula is C36H54F3N3O7S2. The predicted molar refractivity (Wildman–Crippen MR) is 198 cm³/mol. The van der Waals surface area contributed by atoms with Crippen molar-refractivity contribution in [1.29, 1.82) is 0 Å². The minimum atomic E-state index is -5.08. The number of benzene rings is 2. The molecule has 0 aliphatic carbocycles. The van der Waals surface area contributed by atoms with Crippen LogP contribution in [0.2, 0.25) is 0 Å². The molecule has 2 amide bonds. The maximum Gasteiger partial charge on any atom is 0.490 e. The SMILES string of the molecule is CSCCC(N)C(=O)Nc1cc(C(C)C)c(OS(=O)(=O)NC(=O)Cc2c(C(C)C)cc(C(C)C)cc2C(C)C)c(C(C)C)c1.O=C(O)C(F)(F)F. The minimum absolute atomic E-state index is 0.0855. The molecule has 288 valence electrons. The summed E-state index contributed by atoms with van der Waals surface area (Å²) in [7, 11) is -4.52. The molecule has 1 unspecified atom stereocenters. The number of carbonyl (C=O) groups excluding carboxylic acids is 2. The summed E-state index contributed by atoms with van der Waals surface area (Å²) in [5.41, 5.74) is 11.9. The molecule has 15 heteroatoms. The molecule has 2 aromatic carbocycles. The van der Waals surface area contributed by atoms with Crippen LogP contribution in [0.25, 0.3) is 0 Å². The van der Waals surface area contributed by atoms with Crippen LogP contribution in [-0.4, -0.2) is 55.5 Å². The first kappa shape index (κ1) is 45.7. The van der Waals surface area contributed by atoms with Gasteiger partial charge in [0.2, 0.25) is 11.8 Å². The van der Waals surface area contributed by atoms with E-state index in [2.05, 4.69) is 63.7 Å². The quantitative estimate of drug-likeness (QED) is 0.141. The maximum absolute atomic E-state index is 13.3. The molecule has 0 bridgehead atoms. The summed E-state index contributed by atoms with van der Waals surface area (Å²) in [4.78, 5) is 34.9. The number of carbonyl (C=O) groups is 3. The van der Waals surface area contributed by atoms with E-state index in [0.29, 0.717) is 29.2 Å². The van der Waals surface area contributed by atoms with Gasteiger partial charge in [-0.15, -0.1) is 0 Å². The normalized spacial score (nSPS) is 12.6. The van der Waals surface area contributed by atoms with Crippen LogP contribution in [0, 0.1) is 0 Å². The zero-order valence-corrected chi connectivity index (χ0v) is 33.0. The maximum atomic E-state index is 13.3. The zero-order valence-electron chi connectivity index (χ0n) is 31.3. The molecular weight excluding hydrogens is 708 g/mol. The lowest BCUT2D eigenvalue weighted by Gasteiger charge is -2.23. The Hall–Kier alpha value is -3.30. The van der Waals surface area contributed by atoms with Crippen molar-refractivity contribution >= 4 is 45.5 Å². The number of hydrogen-bond acceptors (Lipinski definition) is 8. The molecule has 1 atom stereocenters. The molecule has 0 fully saturated rings. The van der Waals surface area contributed by atoms with Crippen molar-refractivity contribution in [1.82, 2.24) is 4.72 Å². The third kappa shape index (κ3) is 14.3. The average Bonchev–Trinajstić information content (AvgIpc) is 2.98. The molecule has 0 heterocycles. The van der Waals surface area contributed by atoms with Gasteiger partial charge in [-0.2, -0.15) is 33.4 Å². The number of nitrogens with one attached hydrogen (secondary N) is 2. The van der Waals surface area contributed by atoms with E-state index in [9.17, 15) is 31.2 Å². The van der Waals surface area contributed by atoms with E-state index in [1.165, 1.54) is 5.56 Å². The number of carboxylic acid groups (broad SMARTS) is 1. The number of carboxylic acids is 1. The fraction of sp³-hybridized carbons (Fsp3) is 0.583. The number of anilines is 1. The van der Waals surface area contributed by atoms with Gasteiger partial charge >= 0.3 is 22.4 Å². The molecule has 10 nitrogen and oxygen atoms in total. The van der Waals surface area contributed by atoms with Crippen LogP contribution in [-0.2, 0) is 31.1 Å². The fourth-order valence-corrected chi connectivity index (χ4v) is 6.38. The van der Waals surface area contributed by atoms with Crippen LogP contribution in [0.15, 0.2) is 24.3 Å². The Bertz CT molecular complexity index is 1570. The number of aliphatic carboxylic acids is 1. The van der Waals surface area contributed by atoms with Crippen molar-refractivity contribution in [3.8, 4) is 5.75 Å². The molecule has 0 radical (unpaired) electrons. The van der Waals surface area contributed by atoms with Gasteiger partial charge in [0.25, 0.3) is 0 Å². The molecule has 0 spiro atoms. The topological polar surface area (TPSA) is 165 Å². The van der Waals surface area contributed by atoms with E-state index in [4.69, 9.17) is 19.8 Å². The monoisotopic (exact) mass is 761 g/mol. The molecule has 0 aliphatic rings. The van der Waals surface area contributed by atoms with Gasteiger partial charge in [0, 0.05) is 16.8 Å². The van der Waals surface area contributed by atoms with Gasteiger partial charge in [-0.1, -0.05) is 81.4 Å². The van der Waals surface area contributed by atoms with E-state index in [-0.39, 0.29) is 41.7 Å². The Balaban J connectivity index is 0.00000167. The average molecular weight is 762 g/mol. The first-order chi connectivity index (χ1) is 23.3. The van der Waals surface area contributed by atoms with Crippen molar-refractivity contribution in [2.24, 2.45) is 5.73 Å². The number of amides is 2. The van der Waals surface area contributed by atoms with Crippen LogP contribution in [0.5, 0.6) is 5.75 Å². The summed E-state index contributed by atoms with van der Waals surface area (Å²) in [6.45, 7) is 20.2. The highest BCUT2D eigenvalue weighted by atomic mass is 32.2. The summed E-state index contributed by atoms with van der Waals surface area (Å²) < 4.78 is 66.2. The summed E-state index contributed by atoms with van der Waals surface area (Å²) in [6, 6.07) is 7.03. The highest BCUT2D eigenvalue weighted by Crippen LogP contribution is 2.38. The lowest BCUT2D eigenvalue weighted by atomic mass is 9.83. The van der Waals surface area contributed by atoms with E-state index < -0.39 is 34.4 Å². The van der Waals surface area contributed by atoms with Gasteiger partial charge in [-0.3, -0.25) is 9.59 Å².